The maximum Gasteiger partial charge on any atom is 0.0689 e. The molecule has 0 bridgehead atoms. The Balaban J connectivity index is 0.783. The monoisotopic (exact) mass is 1050 g/mol. The van der Waals surface area contributed by atoms with Crippen LogP contribution in [0.1, 0.15) is 89.8 Å². The van der Waals surface area contributed by atoms with Crippen molar-refractivity contribution < 1.29 is 0 Å². The molecule has 10 aromatic rings. The first-order valence-corrected chi connectivity index (χ1v) is 29.4. The van der Waals surface area contributed by atoms with E-state index in [9.17, 15) is 0 Å². The minimum Gasteiger partial charge on any atom is -0.310 e. The molecule has 10 aromatic carbocycles. The summed E-state index contributed by atoms with van der Waals surface area (Å²) in [5, 5.41) is 0. The molecule has 0 aromatic heterocycles. The van der Waals surface area contributed by atoms with Gasteiger partial charge in [-0.2, -0.15) is 0 Å². The summed E-state index contributed by atoms with van der Waals surface area (Å²) in [6.45, 7) is 14.0. The summed E-state index contributed by atoms with van der Waals surface area (Å²) in [7, 11) is 0. The van der Waals surface area contributed by atoms with Crippen molar-refractivity contribution in [2.75, 3.05) is 9.80 Å². The van der Waals surface area contributed by atoms with Gasteiger partial charge in [-0.1, -0.05) is 226 Å². The fourth-order valence-electron chi connectivity index (χ4n) is 16.1. The van der Waals surface area contributed by atoms with Crippen molar-refractivity contribution in [3.05, 3.63) is 328 Å². The molecule has 2 heteroatoms. The van der Waals surface area contributed by atoms with Gasteiger partial charge in [0.25, 0.3) is 0 Å². The number of hydrogen-bond donors (Lipinski definition) is 0. The topological polar surface area (TPSA) is 6.48 Å². The Kier molecular flexibility index (Phi) is 10.5. The van der Waals surface area contributed by atoms with E-state index >= 15 is 0 Å². The number of nitrogens with zero attached hydrogens (tertiary/aromatic N) is 2. The average molecular weight is 1050 g/mol. The molecule has 0 N–H and O–H groups in total. The Labute approximate surface area is 483 Å². The molecule has 6 aliphatic rings. The number of hydrogen-bond acceptors (Lipinski definition) is 2. The van der Waals surface area contributed by atoms with Crippen LogP contribution in [0.25, 0.3) is 39.0 Å². The number of anilines is 6. The lowest BCUT2D eigenvalue weighted by molar-refractivity contribution is 0.369. The molecule has 0 heterocycles. The molecule has 0 saturated heterocycles. The predicted molar refractivity (Wildman–Crippen MR) is 342 cm³/mol. The zero-order chi connectivity index (χ0) is 55.3. The lowest BCUT2D eigenvalue weighted by atomic mass is 9.61. The molecule has 82 heavy (non-hydrogen) atoms. The van der Waals surface area contributed by atoms with Crippen LogP contribution in [-0.4, -0.2) is 0 Å². The Morgan fingerprint density at radius 2 is 0.841 bits per heavy atom. The van der Waals surface area contributed by atoms with Crippen LogP contribution in [-0.2, 0) is 16.2 Å². The van der Waals surface area contributed by atoms with Crippen LogP contribution >= 0.6 is 0 Å². The van der Waals surface area contributed by atoms with Crippen molar-refractivity contribution >= 4 is 39.7 Å². The molecule has 0 radical (unpaired) electrons. The first kappa shape index (κ1) is 48.6. The highest BCUT2D eigenvalue weighted by Crippen LogP contribution is 2.69. The highest BCUT2D eigenvalue weighted by molar-refractivity contribution is 5.99. The van der Waals surface area contributed by atoms with Gasteiger partial charge >= 0.3 is 0 Å². The minimum atomic E-state index is -0.392. The fraction of sp³-hybridized carbons (Fsp3) is 0.150. The van der Waals surface area contributed by atoms with Gasteiger partial charge in [-0.3, -0.25) is 0 Å². The lowest BCUT2D eigenvalue weighted by Crippen LogP contribution is -2.39. The summed E-state index contributed by atoms with van der Waals surface area (Å²) in [4.78, 5) is 4.89. The smallest absolute Gasteiger partial charge is 0.0689 e. The fourth-order valence-corrected chi connectivity index (χ4v) is 16.1. The van der Waals surface area contributed by atoms with Gasteiger partial charge < -0.3 is 9.80 Å². The molecular weight excluding hydrogens is 989 g/mol. The van der Waals surface area contributed by atoms with Gasteiger partial charge in [0.15, 0.2) is 0 Å². The van der Waals surface area contributed by atoms with Crippen molar-refractivity contribution in [3.8, 4) is 33.4 Å². The third-order valence-electron chi connectivity index (χ3n) is 19.6. The molecule has 2 nitrogen and oxygen atoms in total. The van der Waals surface area contributed by atoms with E-state index in [4.69, 9.17) is 0 Å². The maximum absolute atomic E-state index is 2.58. The van der Waals surface area contributed by atoms with Gasteiger partial charge in [-0.05, 0) is 194 Å². The highest BCUT2D eigenvalue weighted by Gasteiger charge is 2.62. The SMILES string of the molecule is CC1=CC2C(C)(C=C1)c1ccc(C)cc1C21c2ccccc2-c2ccc(N(c3ccccc3)c3ccc(-c4ccc(N(c5ccccc5)c5ccc6c(c5)C5(C7=C(C=CC(C)(C)C7)c7ccc(C)cc75)c5ccccc5-6)cc4)cc3)cc21. The van der Waals surface area contributed by atoms with Gasteiger partial charge in [0, 0.05) is 45.5 Å². The van der Waals surface area contributed by atoms with Gasteiger partial charge in [0.05, 0.1) is 10.8 Å². The second-order valence-electron chi connectivity index (χ2n) is 25.0. The molecule has 0 saturated carbocycles. The molecule has 0 aliphatic heterocycles. The van der Waals surface area contributed by atoms with Crippen LogP contribution in [0.4, 0.5) is 34.1 Å². The van der Waals surface area contributed by atoms with E-state index in [0.29, 0.717) is 0 Å². The minimum absolute atomic E-state index is 0.0347. The van der Waals surface area contributed by atoms with Gasteiger partial charge in [-0.25, -0.2) is 0 Å². The van der Waals surface area contributed by atoms with Crippen LogP contribution in [0.15, 0.2) is 272 Å². The largest absolute Gasteiger partial charge is 0.310 e. The van der Waals surface area contributed by atoms with Gasteiger partial charge in [0.1, 0.15) is 0 Å². The summed E-state index contributed by atoms with van der Waals surface area (Å²) >= 11 is 0. The van der Waals surface area contributed by atoms with E-state index in [1.807, 2.05) is 0 Å². The summed E-state index contributed by atoms with van der Waals surface area (Å²) in [6, 6.07) is 87.6. The standard InChI is InChI=1S/C80H64N2/c1-51-25-37-64-67-42-43-77(4,5)50-75(67)79(71(64)45-51)68-23-15-13-21-62(68)65-38-35-60(48-72(65)79)81(56-17-9-7-10-18-56)58-31-27-54(28-32-58)55-29-33-59(34-30-55)82(57-19-11-8-12-20-57)61-36-39-66-63-22-14-16-24-69(63)80(73(66)49-61)74-46-52(2)26-40-70(74)78(6)44-41-53(3)47-76(78)80/h7-49,76H,50H2,1-6H3. The molecule has 4 unspecified atom stereocenters. The van der Waals surface area contributed by atoms with Crippen molar-refractivity contribution in [1.29, 1.82) is 0 Å². The van der Waals surface area contributed by atoms with Crippen LogP contribution in [0.5, 0.6) is 0 Å². The first-order chi connectivity index (χ1) is 40.0. The second-order valence-corrected chi connectivity index (χ2v) is 25.0. The molecule has 0 amide bonds. The van der Waals surface area contributed by atoms with E-state index < -0.39 is 5.41 Å². The van der Waals surface area contributed by atoms with Crippen molar-refractivity contribution in [3.63, 3.8) is 0 Å². The quantitative estimate of drug-likeness (QED) is 0.157. The first-order valence-electron chi connectivity index (χ1n) is 29.4. The number of aryl methyl sites for hydroxylation is 2. The summed E-state index contributed by atoms with van der Waals surface area (Å²) in [5.41, 5.74) is 31.6. The number of para-hydroxylation sites is 2. The molecular formula is C80H64N2. The van der Waals surface area contributed by atoms with Crippen molar-refractivity contribution in [1.82, 2.24) is 0 Å². The molecule has 394 valence electrons. The zero-order valence-electron chi connectivity index (χ0n) is 47.5. The van der Waals surface area contributed by atoms with E-state index in [0.717, 1.165) is 40.5 Å². The number of benzene rings is 10. The van der Waals surface area contributed by atoms with Crippen LogP contribution in [0.3, 0.4) is 0 Å². The summed E-state index contributed by atoms with van der Waals surface area (Å²) in [5.74, 6) is 0.210. The van der Waals surface area contributed by atoms with Crippen LogP contribution in [0, 0.1) is 25.2 Å². The number of rotatable bonds is 7. The Bertz CT molecular complexity index is 4440. The van der Waals surface area contributed by atoms with Gasteiger partial charge in [0.2, 0.25) is 0 Å². The molecule has 0 fully saturated rings. The van der Waals surface area contributed by atoms with E-state index in [2.05, 4.69) is 312 Å². The van der Waals surface area contributed by atoms with E-state index in [1.165, 1.54) is 106 Å². The van der Waals surface area contributed by atoms with Crippen LogP contribution < -0.4 is 9.80 Å². The summed E-state index contributed by atoms with van der Waals surface area (Å²) < 4.78 is 0. The molecule has 4 atom stereocenters. The van der Waals surface area contributed by atoms with Crippen molar-refractivity contribution in [2.45, 2.75) is 64.2 Å². The normalized spacial score (nSPS) is 21.3. The molecule has 6 aliphatic carbocycles. The molecule has 2 spiro atoms. The number of allylic oxidation sites excluding steroid dienone is 8. The predicted octanol–water partition coefficient (Wildman–Crippen LogP) is 20.7. The van der Waals surface area contributed by atoms with E-state index in [1.54, 1.807) is 0 Å². The highest BCUT2D eigenvalue weighted by atomic mass is 15.1. The zero-order valence-corrected chi connectivity index (χ0v) is 47.5. The average Bonchev–Trinajstić information content (AvgIpc) is 1.76. The maximum atomic E-state index is 2.58. The van der Waals surface area contributed by atoms with E-state index in [-0.39, 0.29) is 22.2 Å². The third kappa shape index (κ3) is 6.76. The van der Waals surface area contributed by atoms with Gasteiger partial charge in [-0.15, -0.1) is 0 Å². The number of fused-ring (bicyclic) bond motifs is 19. The second kappa shape index (κ2) is 17.6. The third-order valence-corrected chi connectivity index (χ3v) is 19.6. The van der Waals surface area contributed by atoms with Crippen molar-refractivity contribution in [2.24, 2.45) is 11.3 Å². The Morgan fingerprint density at radius 3 is 1.48 bits per heavy atom. The Hall–Kier alpha value is -9.24. The Morgan fingerprint density at radius 1 is 0.366 bits per heavy atom. The lowest BCUT2D eigenvalue weighted by Gasteiger charge is -2.41. The summed E-state index contributed by atoms with van der Waals surface area (Å²) in [6.07, 6.45) is 13.3. The molecule has 16 rings (SSSR count). The van der Waals surface area contributed by atoms with Crippen LogP contribution in [0.2, 0.25) is 0 Å².